The van der Waals surface area contributed by atoms with Gasteiger partial charge < -0.3 is 4.74 Å². The third-order valence-electron chi connectivity index (χ3n) is 4.32. The number of rotatable bonds is 9. The van der Waals surface area contributed by atoms with Crippen molar-refractivity contribution in [2.45, 2.75) is 25.7 Å². The van der Waals surface area contributed by atoms with Gasteiger partial charge in [0.2, 0.25) is 5.91 Å². The van der Waals surface area contributed by atoms with Gasteiger partial charge in [0, 0.05) is 17.7 Å². The molecule has 0 saturated carbocycles. The topological polar surface area (TPSA) is 67.4 Å². The Morgan fingerprint density at radius 2 is 1.62 bits per heavy atom. The lowest BCUT2D eigenvalue weighted by Gasteiger charge is -2.12. The lowest BCUT2D eigenvalue weighted by molar-refractivity contribution is -0.130. The molecule has 0 spiro atoms. The number of benzene rings is 2. The van der Waals surface area contributed by atoms with Gasteiger partial charge in [0.1, 0.15) is 5.75 Å². The molecular formula is C23H24N2O3S. The van der Waals surface area contributed by atoms with Crippen molar-refractivity contribution >= 4 is 23.2 Å². The molecule has 0 saturated heterocycles. The second-order valence-electron chi connectivity index (χ2n) is 6.59. The number of carbonyl (C=O) groups excluding carboxylic acids is 2. The zero-order valence-corrected chi connectivity index (χ0v) is 16.9. The van der Waals surface area contributed by atoms with Crippen molar-refractivity contribution in [3.05, 3.63) is 88.1 Å². The molecule has 1 aromatic heterocycles. The number of para-hydroxylation sites is 1. The van der Waals surface area contributed by atoms with E-state index in [-0.39, 0.29) is 12.5 Å². The Hall–Kier alpha value is -3.12. The van der Waals surface area contributed by atoms with Crippen LogP contribution in [0.2, 0.25) is 0 Å². The van der Waals surface area contributed by atoms with Gasteiger partial charge in [-0.25, -0.2) is 0 Å². The van der Waals surface area contributed by atoms with E-state index in [0.29, 0.717) is 12.2 Å². The summed E-state index contributed by atoms with van der Waals surface area (Å²) in [6.45, 7) is -0.165. The summed E-state index contributed by atoms with van der Waals surface area (Å²) in [5.74, 6) is 0.0549. The fourth-order valence-corrected chi connectivity index (χ4v) is 3.62. The highest BCUT2D eigenvalue weighted by molar-refractivity contribution is 7.09. The third-order valence-corrected chi connectivity index (χ3v) is 5.25. The zero-order chi connectivity index (χ0) is 20.3. The minimum Gasteiger partial charge on any atom is -0.483 e. The minimum atomic E-state index is -0.397. The first-order valence-electron chi connectivity index (χ1n) is 9.55. The van der Waals surface area contributed by atoms with E-state index in [0.717, 1.165) is 24.8 Å². The molecule has 0 aliphatic heterocycles. The molecule has 2 amide bonds. The van der Waals surface area contributed by atoms with Crippen LogP contribution in [0.15, 0.2) is 72.1 Å². The number of aryl methyl sites for hydroxylation is 1. The van der Waals surface area contributed by atoms with E-state index in [2.05, 4.69) is 29.1 Å². The van der Waals surface area contributed by atoms with Crippen LogP contribution in [-0.2, 0) is 22.4 Å². The van der Waals surface area contributed by atoms with E-state index in [1.807, 2.05) is 53.9 Å². The standard InChI is InChI=1S/C23H24N2O3S/c26-22(14-6-11-20-12-7-15-29-20)24-25-23(27)17-28-21-13-5-4-10-19(21)16-18-8-2-1-3-9-18/h1-5,7-10,12-13,15H,6,11,14,16-17H2,(H,24,26)(H,25,27). The summed E-state index contributed by atoms with van der Waals surface area (Å²) in [6.07, 6.45) is 2.68. The van der Waals surface area contributed by atoms with Crippen LogP contribution in [0.5, 0.6) is 5.75 Å². The maximum Gasteiger partial charge on any atom is 0.276 e. The molecule has 0 unspecified atom stereocenters. The molecule has 0 fully saturated rings. The average Bonchev–Trinajstić information content (AvgIpc) is 3.26. The minimum absolute atomic E-state index is 0.165. The Bertz CT molecular complexity index is 911. The maximum atomic E-state index is 12.0. The molecule has 29 heavy (non-hydrogen) atoms. The van der Waals surface area contributed by atoms with Crippen molar-refractivity contribution in [3.8, 4) is 5.75 Å². The van der Waals surface area contributed by atoms with E-state index in [1.54, 1.807) is 11.3 Å². The second-order valence-corrected chi connectivity index (χ2v) is 7.62. The molecule has 1 heterocycles. The van der Waals surface area contributed by atoms with E-state index in [9.17, 15) is 9.59 Å². The molecule has 0 atom stereocenters. The molecule has 2 N–H and O–H groups in total. The summed E-state index contributed by atoms with van der Waals surface area (Å²) in [4.78, 5) is 25.1. The lowest BCUT2D eigenvalue weighted by Crippen LogP contribution is -2.43. The highest BCUT2D eigenvalue weighted by atomic mass is 32.1. The number of thiophene rings is 1. The van der Waals surface area contributed by atoms with Crippen LogP contribution in [-0.4, -0.2) is 18.4 Å². The van der Waals surface area contributed by atoms with Crippen LogP contribution in [0.3, 0.4) is 0 Å². The van der Waals surface area contributed by atoms with Crippen LogP contribution < -0.4 is 15.6 Å². The fraction of sp³-hybridized carbons (Fsp3) is 0.217. The molecule has 0 aliphatic carbocycles. The molecule has 2 aromatic carbocycles. The third kappa shape index (κ3) is 7.08. The number of carbonyl (C=O) groups is 2. The van der Waals surface area contributed by atoms with E-state index < -0.39 is 5.91 Å². The zero-order valence-electron chi connectivity index (χ0n) is 16.1. The highest BCUT2D eigenvalue weighted by Gasteiger charge is 2.09. The first-order chi connectivity index (χ1) is 14.2. The molecule has 3 rings (SSSR count). The van der Waals surface area contributed by atoms with Crippen molar-refractivity contribution in [2.24, 2.45) is 0 Å². The molecular weight excluding hydrogens is 384 g/mol. The van der Waals surface area contributed by atoms with Gasteiger partial charge in [0.15, 0.2) is 6.61 Å². The number of ether oxygens (including phenoxy) is 1. The summed E-state index contributed by atoms with van der Waals surface area (Å²) >= 11 is 1.68. The Balaban J connectivity index is 1.39. The van der Waals surface area contributed by atoms with Gasteiger partial charge >= 0.3 is 0 Å². The summed E-state index contributed by atoms with van der Waals surface area (Å²) in [5, 5.41) is 2.02. The summed E-state index contributed by atoms with van der Waals surface area (Å²) in [7, 11) is 0. The van der Waals surface area contributed by atoms with Crippen LogP contribution in [0.25, 0.3) is 0 Å². The molecule has 150 valence electrons. The largest absolute Gasteiger partial charge is 0.483 e. The van der Waals surface area contributed by atoms with E-state index in [4.69, 9.17) is 4.74 Å². The molecule has 3 aromatic rings. The van der Waals surface area contributed by atoms with Crippen LogP contribution in [0.1, 0.15) is 28.8 Å². The Labute approximate surface area is 174 Å². The molecule has 0 bridgehead atoms. The number of amides is 2. The van der Waals surface area contributed by atoms with Crippen LogP contribution in [0, 0.1) is 0 Å². The van der Waals surface area contributed by atoms with Gasteiger partial charge in [-0.15, -0.1) is 11.3 Å². The Morgan fingerprint density at radius 1 is 0.862 bits per heavy atom. The monoisotopic (exact) mass is 408 g/mol. The van der Waals surface area contributed by atoms with Gasteiger partial charge in [0.05, 0.1) is 0 Å². The molecule has 0 aliphatic rings. The first-order valence-corrected chi connectivity index (χ1v) is 10.4. The summed E-state index contributed by atoms with van der Waals surface area (Å²) in [6, 6.07) is 21.8. The van der Waals surface area contributed by atoms with Gasteiger partial charge in [0.25, 0.3) is 5.91 Å². The van der Waals surface area contributed by atoms with Crippen molar-refractivity contribution in [1.29, 1.82) is 0 Å². The number of hydrogen-bond donors (Lipinski definition) is 2. The average molecular weight is 409 g/mol. The maximum absolute atomic E-state index is 12.0. The van der Waals surface area contributed by atoms with Crippen LogP contribution in [0.4, 0.5) is 0 Å². The number of hydrazine groups is 1. The molecule has 6 heteroatoms. The van der Waals surface area contributed by atoms with E-state index >= 15 is 0 Å². The fourth-order valence-electron chi connectivity index (χ4n) is 2.87. The quantitative estimate of drug-likeness (QED) is 0.528. The first kappa shape index (κ1) is 20.6. The lowest BCUT2D eigenvalue weighted by atomic mass is 10.0. The van der Waals surface area contributed by atoms with Crippen molar-refractivity contribution < 1.29 is 14.3 Å². The molecule has 0 radical (unpaired) electrons. The molecule has 5 nitrogen and oxygen atoms in total. The Kier molecular flexibility index (Phi) is 7.83. The van der Waals surface area contributed by atoms with Gasteiger partial charge in [-0.1, -0.05) is 54.6 Å². The van der Waals surface area contributed by atoms with Gasteiger partial charge in [-0.05, 0) is 41.5 Å². The summed E-state index contributed by atoms with van der Waals surface area (Å²) in [5.41, 5.74) is 7.02. The predicted octanol–water partition coefficient (Wildman–Crippen LogP) is 3.89. The van der Waals surface area contributed by atoms with Crippen molar-refractivity contribution in [1.82, 2.24) is 10.9 Å². The number of hydrogen-bond acceptors (Lipinski definition) is 4. The van der Waals surface area contributed by atoms with Gasteiger partial charge in [-0.2, -0.15) is 0 Å². The van der Waals surface area contributed by atoms with Crippen molar-refractivity contribution in [2.75, 3.05) is 6.61 Å². The predicted molar refractivity (Wildman–Crippen MR) is 115 cm³/mol. The highest BCUT2D eigenvalue weighted by Crippen LogP contribution is 2.21. The van der Waals surface area contributed by atoms with Gasteiger partial charge in [-0.3, -0.25) is 20.4 Å². The Morgan fingerprint density at radius 3 is 2.41 bits per heavy atom. The SMILES string of the molecule is O=C(CCCc1cccs1)NNC(=O)COc1ccccc1Cc1ccccc1. The normalized spacial score (nSPS) is 10.3. The van der Waals surface area contributed by atoms with Crippen LogP contribution >= 0.6 is 11.3 Å². The van der Waals surface area contributed by atoms with Crippen molar-refractivity contribution in [3.63, 3.8) is 0 Å². The number of nitrogens with one attached hydrogen (secondary N) is 2. The smallest absolute Gasteiger partial charge is 0.276 e. The van der Waals surface area contributed by atoms with E-state index in [1.165, 1.54) is 10.4 Å². The summed E-state index contributed by atoms with van der Waals surface area (Å²) < 4.78 is 5.67. The second kappa shape index (κ2) is 11.0.